The van der Waals surface area contributed by atoms with Crippen molar-refractivity contribution in [3.8, 4) is 0 Å². The molecule has 26 heavy (non-hydrogen) atoms. The van der Waals surface area contributed by atoms with Gasteiger partial charge < -0.3 is 5.73 Å². The molecule has 144 valence electrons. The molecule has 0 bridgehead atoms. The van der Waals surface area contributed by atoms with Gasteiger partial charge in [-0.05, 0) is 37.8 Å². The van der Waals surface area contributed by atoms with Gasteiger partial charge in [0, 0.05) is 41.4 Å². The summed E-state index contributed by atoms with van der Waals surface area (Å²) in [6, 6.07) is 2.82. The lowest BCUT2D eigenvalue weighted by molar-refractivity contribution is -0.0959. The fraction of sp³-hybridized carbons (Fsp3) is 0.588. The number of hydrogen-bond donors (Lipinski definition) is 2. The molecule has 3 rings (SSSR count). The second-order valence-corrected chi connectivity index (χ2v) is 9.02. The largest absolute Gasteiger partial charge is 0.412 e. The predicted octanol–water partition coefficient (Wildman–Crippen LogP) is 2.57. The molecule has 1 saturated carbocycles. The highest BCUT2D eigenvalue weighted by atomic mass is 32.2. The Morgan fingerprint density at radius 1 is 1.31 bits per heavy atom. The minimum absolute atomic E-state index is 0.130. The highest BCUT2D eigenvalue weighted by Crippen LogP contribution is 2.41. The average molecular weight is 389 g/mol. The highest BCUT2D eigenvalue weighted by Gasteiger charge is 2.40. The fourth-order valence-electron chi connectivity index (χ4n) is 3.34. The standard InChI is InChI=1S/C17H22F3N3O2S/c1-2-26(24,25)23-13-6-11(5-12(7-13)17(18,19)20)16-4-3-10(9-22-16)14-8-15(14)21/h3-4,7,9,11,13-15,23H,2,5-6,8,21H2,1H3/t11?,13?,14-,15+/m1/s1. The zero-order valence-corrected chi connectivity index (χ0v) is 15.1. The molecular formula is C17H22F3N3O2S. The van der Waals surface area contributed by atoms with Crippen molar-refractivity contribution < 1.29 is 21.6 Å². The molecule has 2 aliphatic rings. The Kier molecular flexibility index (Phi) is 5.15. The molecule has 3 N–H and O–H groups in total. The number of pyridine rings is 1. The summed E-state index contributed by atoms with van der Waals surface area (Å²) < 4.78 is 65.7. The SMILES string of the molecule is CCS(=O)(=O)NC1C=C(C(F)(F)F)CC(c2ccc([C@H]3C[C@@H]3N)cn2)C1. The van der Waals surface area contributed by atoms with Crippen molar-refractivity contribution in [1.82, 2.24) is 9.71 Å². The van der Waals surface area contributed by atoms with Crippen molar-refractivity contribution in [1.29, 1.82) is 0 Å². The molecule has 0 aliphatic heterocycles. The topological polar surface area (TPSA) is 85.1 Å². The normalized spacial score (nSPS) is 29.3. The number of sulfonamides is 1. The molecule has 1 aromatic rings. The van der Waals surface area contributed by atoms with E-state index in [1.165, 1.54) is 6.92 Å². The molecule has 1 fully saturated rings. The molecule has 0 amide bonds. The second-order valence-electron chi connectivity index (χ2n) is 6.98. The van der Waals surface area contributed by atoms with Crippen LogP contribution in [0.25, 0.3) is 0 Å². The van der Waals surface area contributed by atoms with Crippen LogP contribution in [0.3, 0.4) is 0 Å². The van der Waals surface area contributed by atoms with Crippen molar-refractivity contribution in [2.45, 2.75) is 56.3 Å². The number of nitrogens with zero attached hydrogens (tertiary/aromatic N) is 1. The van der Waals surface area contributed by atoms with Gasteiger partial charge in [-0.1, -0.05) is 12.1 Å². The van der Waals surface area contributed by atoms with Crippen LogP contribution in [0.15, 0.2) is 30.0 Å². The Morgan fingerprint density at radius 3 is 2.50 bits per heavy atom. The van der Waals surface area contributed by atoms with Crippen LogP contribution in [-0.4, -0.2) is 37.4 Å². The molecule has 0 aromatic carbocycles. The Balaban J connectivity index is 1.82. The molecule has 2 aliphatic carbocycles. The van der Waals surface area contributed by atoms with Gasteiger partial charge in [-0.2, -0.15) is 13.2 Å². The van der Waals surface area contributed by atoms with Gasteiger partial charge in [0.2, 0.25) is 10.0 Å². The maximum atomic E-state index is 13.3. The molecule has 5 nitrogen and oxygen atoms in total. The Hall–Kier alpha value is -1.45. The van der Waals surface area contributed by atoms with Gasteiger partial charge in [0.15, 0.2) is 0 Å². The van der Waals surface area contributed by atoms with Crippen LogP contribution >= 0.6 is 0 Å². The van der Waals surface area contributed by atoms with E-state index < -0.39 is 33.7 Å². The van der Waals surface area contributed by atoms with E-state index in [-0.39, 0.29) is 30.6 Å². The third kappa shape index (κ3) is 4.44. The van der Waals surface area contributed by atoms with Crippen LogP contribution in [-0.2, 0) is 10.0 Å². The third-order valence-corrected chi connectivity index (χ3v) is 6.40. The highest BCUT2D eigenvalue weighted by molar-refractivity contribution is 7.89. The number of halogens is 3. The van der Waals surface area contributed by atoms with Gasteiger partial charge in [-0.15, -0.1) is 0 Å². The smallest absolute Gasteiger partial charge is 0.327 e. The first-order chi connectivity index (χ1) is 12.1. The van der Waals surface area contributed by atoms with Gasteiger partial charge in [0.05, 0.1) is 5.75 Å². The van der Waals surface area contributed by atoms with E-state index in [0.29, 0.717) is 5.69 Å². The summed E-state index contributed by atoms with van der Waals surface area (Å²) in [5.74, 6) is -0.404. The van der Waals surface area contributed by atoms with Crippen molar-refractivity contribution in [3.05, 3.63) is 41.2 Å². The van der Waals surface area contributed by atoms with Crippen molar-refractivity contribution in [3.63, 3.8) is 0 Å². The Bertz CT molecular complexity index is 790. The lowest BCUT2D eigenvalue weighted by atomic mass is 9.83. The second kappa shape index (κ2) is 6.94. The third-order valence-electron chi connectivity index (χ3n) is 4.98. The number of allylic oxidation sites excluding steroid dienone is 1. The van der Waals surface area contributed by atoms with Crippen molar-refractivity contribution >= 4 is 10.0 Å². The summed E-state index contributed by atoms with van der Waals surface area (Å²) in [4.78, 5) is 4.34. The van der Waals surface area contributed by atoms with Crippen molar-refractivity contribution in [2.24, 2.45) is 5.73 Å². The average Bonchev–Trinajstić information content (AvgIpc) is 3.30. The number of rotatable bonds is 5. The van der Waals surface area contributed by atoms with E-state index in [1.807, 2.05) is 6.07 Å². The number of hydrogen-bond acceptors (Lipinski definition) is 4. The summed E-state index contributed by atoms with van der Waals surface area (Å²) in [6.45, 7) is 1.44. The van der Waals surface area contributed by atoms with Crippen LogP contribution in [0.5, 0.6) is 0 Å². The van der Waals surface area contributed by atoms with Gasteiger partial charge >= 0.3 is 6.18 Å². The first kappa shape index (κ1) is 19.3. The number of nitrogens with one attached hydrogen (secondary N) is 1. The van der Waals surface area contributed by atoms with Gasteiger partial charge in [0.1, 0.15) is 0 Å². The van der Waals surface area contributed by atoms with E-state index in [2.05, 4.69) is 9.71 Å². The molecule has 4 atom stereocenters. The van der Waals surface area contributed by atoms with Crippen LogP contribution in [0, 0.1) is 0 Å². The summed E-state index contributed by atoms with van der Waals surface area (Å²) >= 11 is 0. The monoisotopic (exact) mass is 389 g/mol. The molecule has 0 saturated heterocycles. The number of alkyl halides is 3. The quantitative estimate of drug-likeness (QED) is 0.758. The van der Waals surface area contributed by atoms with Crippen LogP contribution in [0.4, 0.5) is 13.2 Å². The summed E-state index contributed by atoms with van der Waals surface area (Å²) in [7, 11) is -3.61. The maximum Gasteiger partial charge on any atom is 0.412 e. The van der Waals surface area contributed by atoms with E-state index in [4.69, 9.17) is 5.73 Å². The molecule has 0 spiro atoms. The summed E-state index contributed by atoms with van der Waals surface area (Å²) in [6.07, 6.45) is -0.899. The van der Waals surface area contributed by atoms with E-state index in [1.54, 1.807) is 12.3 Å². The maximum absolute atomic E-state index is 13.3. The van der Waals surface area contributed by atoms with Gasteiger partial charge in [-0.25, -0.2) is 13.1 Å². The van der Waals surface area contributed by atoms with E-state index in [0.717, 1.165) is 18.1 Å². The van der Waals surface area contributed by atoms with Crippen LogP contribution in [0.2, 0.25) is 0 Å². The minimum atomic E-state index is -4.49. The summed E-state index contributed by atoms with van der Waals surface area (Å²) in [5, 5.41) is 0. The van der Waals surface area contributed by atoms with E-state index >= 15 is 0 Å². The molecule has 1 heterocycles. The van der Waals surface area contributed by atoms with Crippen LogP contribution in [0.1, 0.15) is 49.3 Å². The van der Waals surface area contributed by atoms with Crippen molar-refractivity contribution in [2.75, 3.05) is 5.75 Å². The fourth-order valence-corrected chi connectivity index (χ4v) is 4.13. The Labute approximate surface area is 150 Å². The van der Waals surface area contributed by atoms with E-state index in [9.17, 15) is 21.6 Å². The minimum Gasteiger partial charge on any atom is -0.327 e. The predicted molar refractivity (Wildman–Crippen MR) is 92.1 cm³/mol. The van der Waals surface area contributed by atoms with Crippen LogP contribution < -0.4 is 10.5 Å². The first-order valence-corrected chi connectivity index (χ1v) is 10.2. The Morgan fingerprint density at radius 2 is 2.00 bits per heavy atom. The lowest BCUT2D eigenvalue weighted by Crippen LogP contribution is -2.39. The molecule has 2 unspecified atom stereocenters. The molecular weight excluding hydrogens is 367 g/mol. The summed E-state index contributed by atoms with van der Waals surface area (Å²) in [5.41, 5.74) is 6.63. The molecule has 1 aromatic heterocycles. The number of aromatic nitrogens is 1. The molecule has 9 heteroatoms. The van der Waals surface area contributed by atoms with Gasteiger partial charge in [0.25, 0.3) is 0 Å². The zero-order chi connectivity index (χ0) is 19.1. The molecule has 0 radical (unpaired) electrons. The number of nitrogens with two attached hydrogens (primary N) is 1. The van der Waals surface area contributed by atoms with Gasteiger partial charge in [-0.3, -0.25) is 4.98 Å². The first-order valence-electron chi connectivity index (χ1n) is 8.58. The lowest BCUT2D eigenvalue weighted by Gasteiger charge is -2.29. The zero-order valence-electron chi connectivity index (χ0n) is 14.3.